The summed E-state index contributed by atoms with van der Waals surface area (Å²) in [5.41, 5.74) is 2.18. The largest absolute Gasteiger partial charge is 0.478 e. The predicted molar refractivity (Wildman–Crippen MR) is 74.8 cm³/mol. The molecule has 0 radical (unpaired) electrons. The molecule has 2 heterocycles. The minimum absolute atomic E-state index is 0.131. The number of nitrogens with zero attached hydrogens (tertiary/aromatic N) is 3. The highest BCUT2D eigenvalue weighted by molar-refractivity contribution is 5.73. The SMILES string of the molecule is CCOc1nc(C2CC2)nc2c1CCN(C(C)=O)CC2. The number of aromatic nitrogens is 2. The molecule has 1 saturated carbocycles. The fourth-order valence-corrected chi connectivity index (χ4v) is 2.68. The lowest BCUT2D eigenvalue weighted by molar-refractivity contribution is -0.128. The van der Waals surface area contributed by atoms with Crippen LogP contribution in [0.3, 0.4) is 0 Å². The molecule has 5 heteroatoms. The van der Waals surface area contributed by atoms with E-state index >= 15 is 0 Å². The van der Waals surface area contributed by atoms with Crippen LogP contribution >= 0.6 is 0 Å². The van der Waals surface area contributed by atoms with Crippen molar-refractivity contribution in [3.05, 3.63) is 17.1 Å². The van der Waals surface area contributed by atoms with Crippen molar-refractivity contribution >= 4 is 5.91 Å². The maximum Gasteiger partial charge on any atom is 0.220 e. The van der Waals surface area contributed by atoms with Gasteiger partial charge in [0.15, 0.2) is 0 Å². The molecule has 1 aromatic heterocycles. The Balaban J connectivity index is 1.93. The summed E-state index contributed by atoms with van der Waals surface area (Å²) < 4.78 is 5.72. The Bertz CT molecular complexity index is 526. The molecule has 0 bridgehead atoms. The quantitative estimate of drug-likeness (QED) is 0.842. The number of fused-ring (bicyclic) bond motifs is 1. The highest BCUT2D eigenvalue weighted by Crippen LogP contribution is 2.39. The van der Waals surface area contributed by atoms with Gasteiger partial charge in [0.25, 0.3) is 0 Å². The normalized spacial score (nSPS) is 18.4. The van der Waals surface area contributed by atoms with Crippen molar-refractivity contribution in [2.45, 2.75) is 45.4 Å². The van der Waals surface area contributed by atoms with E-state index in [1.54, 1.807) is 6.92 Å². The minimum Gasteiger partial charge on any atom is -0.478 e. The smallest absolute Gasteiger partial charge is 0.220 e. The molecule has 0 aromatic carbocycles. The van der Waals surface area contributed by atoms with E-state index in [0.29, 0.717) is 12.5 Å². The van der Waals surface area contributed by atoms with Crippen molar-refractivity contribution in [1.82, 2.24) is 14.9 Å². The maximum atomic E-state index is 11.6. The summed E-state index contributed by atoms with van der Waals surface area (Å²) in [6.45, 7) is 5.69. The molecule has 0 spiro atoms. The highest BCUT2D eigenvalue weighted by atomic mass is 16.5. The molecule has 0 unspecified atom stereocenters. The summed E-state index contributed by atoms with van der Waals surface area (Å²) in [4.78, 5) is 22.8. The van der Waals surface area contributed by atoms with E-state index in [2.05, 4.69) is 4.98 Å². The first-order valence-electron chi connectivity index (χ1n) is 7.47. The van der Waals surface area contributed by atoms with E-state index < -0.39 is 0 Å². The van der Waals surface area contributed by atoms with Crippen molar-refractivity contribution in [2.75, 3.05) is 19.7 Å². The van der Waals surface area contributed by atoms with E-state index in [1.165, 1.54) is 12.8 Å². The number of rotatable bonds is 3. The lowest BCUT2D eigenvalue weighted by Gasteiger charge is -2.17. The minimum atomic E-state index is 0.131. The Morgan fingerprint density at radius 2 is 2.05 bits per heavy atom. The zero-order chi connectivity index (χ0) is 14.1. The van der Waals surface area contributed by atoms with E-state index in [4.69, 9.17) is 9.72 Å². The van der Waals surface area contributed by atoms with Crippen molar-refractivity contribution in [3.8, 4) is 5.88 Å². The summed E-state index contributed by atoms with van der Waals surface area (Å²) in [5.74, 6) is 2.33. The monoisotopic (exact) mass is 275 g/mol. The molecule has 1 amide bonds. The third-order valence-electron chi connectivity index (χ3n) is 3.99. The maximum absolute atomic E-state index is 11.6. The molecule has 0 saturated heterocycles. The summed E-state index contributed by atoms with van der Waals surface area (Å²) in [5, 5.41) is 0. The molecule has 1 fully saturated rings. The first kappa shape index (κ1) is 13.3. The van der Waals surface area contributed by atoms with Crippen molar-refractivity contribution in [3.63, 3.8) is 0 Å². The van der Waals surface area contributed by atoms with Gasteiger partial charge in [-0.25, -0.2) is 4.98 Å². The second-order valence-corrected chi connectivity index (χ2v) is 5.53. The molecule has 0 atom stereocenters. The number of carbonyl (C=O) groups is 1. The van der Waals surface area contributed by atoms with Crippen LogP contribution in [0.4, 0.5) is 0 Å². The van der Waals surface area contributed by atoms with E-state index in [9.17, 15) is 4.79 Å². The highest BCUT2D eigenvalue weighted by Gasteiger charge is 2.30. The van der Waals surface area contributed by atoms with Crippen molar-refractivity contribution in [1.29, 1.82) is 0 Å². The molecule has 2 aliphatic rings. The Kier molecular flexibility index (Phi) is 3.59. The first-order chi connectivity index (χ1) is 9.69. The third kappa shape index (κ3) is 2.62. The van der Waals surface area contributed by atoms with Crippen LogP contribution in [0.15, 0.2) is 0 Å². The second-order valence-electron chi connectivity index (χ2n) is 5.53. The molecular formula is C15H21N3O2. The second kappa shape index (κ2) is 5.38. The summed E-state index contributed by atoms with van der Waals surface area (Å²) in [7, 11) is 0. The lowest BCUT2D eigenvalue weighted by atomic mass is 10.1. The van der Waals surface area contributed by atoms with Crippen LogP contribution in [0.1, 0.15) is 49.7 Å². The van der Waals surface area contributed by atoms with Crippen molar-refractivity contribution < 1.29 is 9.53 Å². The van der Waals surface area contributed by atoms with Gasteiger partial charge in [0.1, 0.15) is 5.82 Å². The molecule has 1 aromatic rings. The van der Waals surface area contributed by atoms with Crippen LogP contribution in [0.2, 0.25) is 0 Å². The number of ether oxygens (including phenoxy) is 1. The molecule has 0 N–H and O–H groups in total. The third-order valence-corrected chi connectivity index (χ3v) is 3.99. The zero-order valence-electron chi connectivity index (χ0n) is 12.2. The van der Waals surface area contributed by atoms with E-state index in [1.807, 2.05) is 11.8 Å². The molecule has 5 nitrogen and oxygen atoms in total. The number of carbonyl (C=O) groups excluding carboxylic acids is 1. The van der Waals surface area contributed by atoms with Gasteiger partial charge in [0.2, 0.25) is 11.8 Å². The van der Waals surface area contributed by atoms with Crippen LogP contribution in [-0.2, 0) is 17.6 Å². The lowest BCUT2D eigenvalue weighted by Crippen LogP contribution is -2.31. The average Bonchev–Trinajstić information content (AvgIpc) is 3.25. The van der Waals surface area contributed by atoms with Gasteiger partial charge in [-0.05, 0) is 26.2 Å². The Hall–Kier alpha value is -1.65. The molecule has 1 aliphatic carbocycles. The Labute approximate surface area is 119 Å². The van der Waals surface area contributed by atoms with E-state index in [-0.39, 0.29) is 5.91 Å². The van der Waals surface area contributed by atoms with Crippen LogP contribution in [0.5, 0.6) is 5.88 Å². The number of hydrogen-bond donors (Lipinski definition) is 0. The topological polar surface area (TPSA) is 55.3 Å². The van der Waals surface area contributed by atoms with Gasteiger partial charge in [0, 0.05) is 37.9 Å². The van der Waals surface area contributed by atoms with Gasteiger partial charge in [-0.1, -0.05) is 0 Å². The molecule has 3 rings (SSSR count). The molecule has 20 heavy (non-hydrogen) atoms. The fourth-order valence-electron chi connectivity index (χ4n) is 2.68. The van der Waals surface area contributed by atoms with Crippen molar-refractivity contribution in [2.24, 2.45) is 0 Å². The number of amides is 1. The Morgan fingerprint density at radius 3 is 2.70 bits per heavy atom. The van der Waals surface area contributed by atoms with Gasteiger partial charge in [-0.15, -0.1) is 0 Å². The summed E-state index contributed by atoms with van der Waals surface area (Å²) in [6, 6.07) is 0. The van der Waals surface area contributed by atoms with Gasteiger partial charge >= 0.3 is 0 Å². The van der Waals surface area contributed by atoms with Crippen LogP contribution < -0.4 is 4.74 Å². The predicted octanol–water partition coefficient (Wildman–Crippen LogP) is 1.70. The first-order valence-corrected chi connectivity index (χ1v) is 7.47. The molecule has 108 valence electrons. The standard InChI is InChI=1S/C15H21N3O2/c1-3-20-15-12-6-8-18(10(2)19)9-7-13(12)16-14(17-15)11-4-5-11/h11H,3-9H2,1-2H3. The molecular weight excluding hydrogens is 254 g/mol. The van der Waals surface area contributed by atoms with Crippen LogP contribution in [-0.4, -0.2) is 40.5 Å². The van der Waals surface area contributed by atoms with Crippen LogP contribution in [0, 0.1) is 0 Å². The van der Waals surface area contributed by atoms with Crippen LogP contribution in [0.25, 0.3) is 0 Å². The Morgan fingerprint density at radius 1 is 1.30 bits per heavy atom. The molecule has 1 aliphatic heterocycles. The summed E-state index contributed by atoms with van der Waals surface area (Å²) in [6.07, 6.45) is 3.96. The number of hydrogen-bond acceptors (Lipinski definition) is 4. The fraction of sp³-hybridized carbons (Fsp3) is 0.667. The van der Waals surface area contributed by atoms with Gasteiger partial charge in [0.05, 0.1) is 12.3 Å². The van der Waals surface area contributed by atoms with Gasteiger partial charge in [-0.2, -0.15) is 4.98 Å². The average molecular weight is 275 g/mol. The van der Waals surface area contributed by atoms with Gasteiger partial charge in [-0.3, -0.25) is 4.79 Å². The van der Waals surface area contributed by atoms with Gasteiger partial charge < -0.3 is 9.64 Å². The summed E-state index contributed by atoms with van der Waals surface area (Å²) >= 11 is 0. The van der Waals surface area contributed by atoms with E-state index in [0.717, 1.165) is 48.9 Å². The zero-order valence-corrected chi connectivity index (χ0v) is 12.2.